The van der Waals surface area contributed by atoms with Gasteiger partial charge >= 0.3 is 0 Å². The van der Waals surface area contributed by atoms with Gasteiger partial charge in [0.25, 0.3) is 5.95 Å². The van der Waals surface area contributed by atoms with Gasteiger partial charge in [-0.25, -0.2) is 4.68 Å². The van der Waals surface area contributed by atoms with E-state index in [1.807, 2.05) is 77.5 Å². The summed E-state index contributed by atoms with van der Waals surface area (Å²) in [5.74, 6) is 2.17. The number of amides is 1. The number of benzene rings is 3. The summed E-state index contributed by atoms with van der Waals surface area (Å²) >= 11 is 6.10. The van der Waals surface area contributed by atoms with Crippen LogP contribution >= 0.6 is 11.6 Å². The van der Waals surface area contributed by atoms with E-state index < -0.39 is 0 Å². The van der Waals surface area contributed by atoms with Crippen LogP contribution in [0, 0.1) is 0 Å². The van der Waals surface area contributed by atoms with Gasteiger partial charge in [0.15, 0.2) is 0 Å². The minimum atomic E-state index is -0.196. The zero-order chi connectivity index (χ0) is 25.1. The summed E-state index contributed by atoms with van der Waals surface area (Å²) in [6.45, 7) is 0. The van der Waals surface area contributed by atoms with Crippen molar-refractivity contribution in [2.24, 2.45) is 0 Å². The third-order valence-electron chi connectivity index (χ3n) is 6.24. The highest BCUT2D eigenvalue weighted by molar-refractivity contribution is 6.30. The van der Waals surface area contributed by atoms with Gasteiger partial charge in [0, 0.05) is 5.02 Å². The summed E-state index contributed by atoms with van der Waals surface area (Å²) in [5, 5.41) is 11.6. The van der Waals surface area contributed by atoms with Crippen molar-refractivity contribution in [1.29, 1.82) is 0 Å². The molecule has 2 heterocycles. The Morgan fingerprint density at radius 3 is 2.22 bits per heavy atom. The molecule has 0 bridgehead atoms. The Bertz CT molecular complexity index is 1340. The second-order valence-electron chi connectivity index (χ2n) is 8.55. The third-order valence-corrected chi connectivity index (χ3v) is 6.49. The zero-order valence-electron chi connectivity index (χ0n) is 19.9. The van der Waals surface area contributed by atoms with E-state index in [1.54, 1.807) is 14.2 Å². The van der Waals surface area contributed by atoms with Gasteiger partial charge in [-0.05, 0) is 59.5 Å². The number of ether oxygens (including phenoxy) is 2. The molecule has 1 aliphatic rings. The predicted octanol–water partition coefficient (Wildman–Crippen LogP) is 5.28. The fourth-order valence-corrected chi connectivity index (χ4v) is 4.47. The molecule has 8 nitrogen and oxygen atoms in total. The topological polar surface area (TPSA) is 90.3 Å². The molecule has 0 fully saturated rings. The van der Waals surface area contributed by atoms with Crippen molar-refractivity contribution < 1.29 is 14.3 Å². The Morgan fingerprint density at radius 1 is 0.972 bits per heavy atom. The first-order chi connectivity index (χ1) is 17.5. The first kappa shape index (κ1) is 23.7. The van der Waals surface area contributed by atoms with E-state index in [0.29, 0.717) is 11.0 Å². The van der Waals surface area contributed by atoms with E-state index in [1.165, 1.54) is 0 Å². The second-order valence-corrected chi connectivity index (χ2v) is 8.99. The summed E-state index contributed by atoms with van der Waals surface area (Å²) in [4.78, 5) is 17.3. The summed E-state index contributed by atoms with van der Waals surface area (Å²) in [6.07, 6.45) is 0.945. The van der Waals surface area contributed by atoms with Crippen LogP contribution in [0.2, 0.25) is 5.02 Å². The number of fused-ring (bicyclic) bond motifs is 1. The van der Waals surface area contributed by atoms with Crippen molar-refractivity contribution in [2.75, 3.05) is 24.9 Å². The van der Waals surface area contributed by atoms with E-state index in [2.05, 4.69) is 20.7 Å². The molecule has 0 unspecified atom stereocenters. The SMILES string of the molecule is COc1ccc(CC(=O)Nc2nc3n(n2)[C@H](c2ccc(OC)cc2)C[C@H](c2ccc(Cl)cc2)N3)cc1. The molecule has 184 valence electrons. The van der Waals surface area contributed by atoms with Gasteiger partial charge in [-0.1, -0.05) is 48.0 Å². The molecule has 1 amide bonds. The molecule has 2 atom stereocenters. The average molecular weight is 504 g/mol. The number of hydrogen-bond acceptors (Lipinski definition) is 6. The van der Waals surface area contributed by atoms with Crippen LogP contribution in [0.1, 0.15) is 35.2 Å². The third kappa shape index (κ3) is 5.13. The number of hydrogen-bond donors (Lipinski definition) is 2. The lowest BCUT2D eigenvalue weighted by atomic mass is 9.93. The van der Waals surface area contributed by atoms with Crippen molar-refractivity contribution in [1.82, 2.24) is 14.8 Å². The van der Waals surface area contributed by atoms with E-state index in [-0.39, 0.29) is 30.4 Å². The molecule has 2 N–H and O–H groups in total. The summed E-state index contributed by atoms with van der Waals surface area (Å²) in [6, 6.07) is 23.0. The van der Waals surface area contributed by atoms with Gasteiger partial charge < -0.3 is 14.8 Å². The summed E-state index contributed by atoms with van der Waals surface area (Å²) in [7, 11) is 3.26. The lowest BCUT2D eigenvalue weighted by molar-refractivity contribution is -0.115. The summed E-state index contributed by atoms with van der Waals surface area (Å²) < 4.78 is 12.3. The van der Waals surface area contributed by atoms with E-state index in [9.17, 15) is 4.79 Å². The minimum absolute atomic E-state index is 0.00563. The quantitative estimate of drug-likeness (QED) is 0.357. The average Bonchev–Trinajstić information content (AvgIpc) is 3.31. The van der Waals surface area contributed by atoms with Gasteiger partial charge in [0.2, 0.25) is 11.9 Å². The Labute approximate surface area is 214 Å². The molecule has 1 aliphatic heterocycles. The number of aromatic nitrogens is 3. The Hall–Kier alpha value is -4.04. The smallest absolute Gasteiger partial charge is 0.250 e. The van der Waals surface area contributed by atoms with Gasteiger partial charge in [-0.3, -0.25) is 10.1 Å². The summed E-state index contributed by atoms with van der Waals surface area (Å²) in [5.41, 5.74) is 3.03. The number of rotatable bonds is 7. The number of nitrogens with one attached hydrogen (secondary N) is 2. The van der Waals surface area contributed by atoms with Crippen LogP contribution in [0.5, 0.6) is 11.5 Å². The van der Waals surface area contributed by atoms with E-state index in [4.69, 9.17) is 21.1 Å². The molecule has 0 saturated heterocycles. The van der Waals surface area contributed by atoms with Gasteiger partial charge in [0.05, 0.1) is 32.7 Å². The van der Waals surface area contributed by atoms with Gasteiger partial charge in [-0.15, -0.1) is 5.10 Å². The Kier molecular flexibility index (Phi) is 6.77. The maximum absolute atomic E-state index is 12.7. The van der Waals surface area contributed by atoms with Crippen molar-refractivity contribution in [2.45, 2.75) is 24.9 Å². The maximum Gasteiger partial charge on any atom is 0.250 e. The molecule has 1 aromatic heterocycles. The highest BCUT2D eigenvalue weighted by atomic mass is 35.5. The minimum Gasteiger partial charge on any atom is -0.497 e. The highest BCUT2D eigenvalue weighted by Crippen LogP contribution is 2.38. The number of halogens is 1. The molecule has 0 spiro atoms. The molecule has 0 saturated carbocycles. The molecule has 4 aromatic rings. The fourth-order valence-electron chi connectivity index (χ4n) is 4.35. The molecule has 9 heteroatoms. The number of carbonyl (C=O) groups excluding carboxylic acids is 1. The standard InChI is InChI=1S/C27H26ClN5O3/c1-35-21-11-3-17(4-12-21)15-25(34)30-26-31-27-29-23(18-5-9-20(28)10-6-18)16-24(33(27)32-26)19-7-13-22(36-2)14-8-19/h3-14,23-24H,15-16H2,1-2H3,(H2,29,30,31,32,34)/t23-,24+/m1/s1. The molecular weight excluding hydrogens is 478 g/mol. The molecule has 0 radical (unpaired) electrons. The molecule has 3 aromatic carbocycles. The predicted molar refractivity (Wildman–Crippen MR) is 139 cm³/mol. The van der Waals surface area contributed by atoms with Crippen LogP contribution in [0.15, 0.2) is 72.8 Å². The van der Waals surface area contributed by atoms with Crippen LogP contribution in [0.3, 0.4) is 0 Å². The van der Waals surface area contributed by atoms with Crippen LogP contribution in [-0.2, 0) is 11.2 Å². The Morgan fingerprint density at radius 2 is 1.58 bits per heavy atom. The van der Waals surface area contributed by atoms with Gasteiger partial charge in [-0.2, -0.15) is 4.98 Å². The van der Waals surface area contributed by atoms with E-state index >= 15 is 0 Å². The fraction of sp³-hybridized carbons (Fsp3) is 0.222. The largest absolute Gasteiger partial charge is 0.497 e. The number of carbonyl (C=O) groups is 1. The number of methoxy groups -OCH3 is 2. The van der Waals surface area contributed by atoms with Crippen molar-refractivity contribution in [3.05, 3.63) is 94.5 Å². The van der Waals surface area contributed by atoms with Crippen LogP contribution in [-0.4, -0.2) is 34.9 Å². The van der Waals surface area contributed by atoms with Crippen LogP contribution in [0.4, 0.5) is 11.9 Å². The second kappa shape index (κ2) is 10.3. The molecule has 5 rings (SSSR count). The highest BCUT2D eigenvalue weighted by Gasteiger charge is 2.31. The Balaban J connectivity index is 1.40. The van der Waals surface area contributed by atoms with Gasteiger partial charge in [0.1, 0.15) is 11.5 Å². The first-order valence-electron chi connectivity index (χ1n) is 11.6. The zero-order valence-corrected chi connectivity index (χ0v) is 20.7. The lowest BCUT2D eigenvalue weighted by Gasteiger charge is -2.31. The number of anilines is 2. The first-order valence-corrected chi connectivity index (χ1v) is 12.0. The maximum atomic E-state index is 12.7. The normalized spacial score (nSPS) is 16.5. The number of nitrogens with zero attached hydrogens (tertiary/aromatic N) is 3. The van der Waals surface area contributed by atoms with E-state index in [0.717, 1.165) is 34.6 Å². The van der Waals surface area contributed by atoms with Crippen LogP contribution < -0.4 is 20.1 Å². The molecular formula is C27H26ClN5O3. The molecule has 0 aliphatic carbocycles. The van der Waals surface area contributed by atoms with Crippen LogP contribution in [0.25, 0.3) is 0 Å². The monoisotopic (exact) mass is 503 g/mol. The van der Waals surface area contributed by atoms with Crippen molar-refractivity contribution >= 4 is 29.4 Å². The lowest BCUT2D eigenvalue weighted by Crippen LogP contribution is -2.28. The van der Waals surface area contributed by atoms with Crippen molar-refractivity contribution in [3.63, 3.8) is 0 Å². The molecule has 36 heavy (non-hydrogen) atoms. The van der Waals surface area contributed by atoms with Crippen molar-refractivity contribution in [3.8, 4) is 11.5 Å².